The first kappa shape index (κ1) is 15.8. The average molecular weight is 300 g/mol. The Bertz CT molecular complexity index is 599. The van der Waals surface area contributed by atoms with Gasteiger partial charge in [0.25, 0.3) is 0 Å². The molecule has 0 amide bonds. The zero-order chi connectivity index (χ0) is 15.2. The number of benzene rings is 2. The second kappa shape index (κ2) is 7.44. The molecule has 0 fully saturated rings. The smallest absolute Gasteiger partial charge is 0.0536 e. The van der Waals surface area contributed by atoms with Gasteiger partial charge in [-0.3, -0.25) is 0 Å². The van der Waals surface area contributed by atoms with Crippen molar-refractivity contribution in [3.63, 3.8) is 0 Å². The first-order valence-corrected chi connectivity index (χ1v) is 7.73. The van der Waals surface area contributed by atoms with Gasteiger partial charge in [0.05, 0.1) is 6.04 Å². The summed E-state index contributed by atoms with van der Waals surface area (Å²) in [7, 11) is 2.00. The van der Waals surface area contributed by atoms with Gasteiger partial charge in [-0.1, -0.05) is 61.0 Å². The Kier molecular flexibility index (Phi) is 5.60. The molecule has 110 valence electrons. The molecule has 0 spiro atoms. The first-order valence-electron chi connectivity index (χ1n) is 7.35. The van der Waals surface area contributed by atoms with Gasteiger partial charge >= 0.3 is 0 Å². The van der Waals surface area contributed by atoms with Gasteiger partial charge in [0.1, 0.15) is 0 Å². The van der Waals surface area contributed by atoms with Crippen LogP contribution in [0.5, 0.6) is 0 Å². The van der Waals surface area contributed by atoms with Crippen LogP contribution in [0.1, 0.15) is 37.4 Å². The molecule has 0 aromatic heterocycles. The average Bonchev–Trinajstić information content (AvgIpc) is 2.52. The van der Waals surface area contributed by atoms with Crippen LogP contribution in [0.4, 0.5) is 0 Å². The lowest BCUT2D eigenvalue weighted by Gasteiger charge is -2.22. The quantitative estimate of drug-likeness (QED) is 0.770. The summed E-state index contributed by atoms with van der Waals surface area (Å²) in [5.41, 5.74) is 5.28. The Balaban J connectivity index is 2.43. The highest BCUT2D eigenvalue weighted by Crippen LogP contribution is 2.31. The zero-order valence-electron chi connectivity index (χ0n) is 12.9. The van der Waals surface area contributed by atoms with Crippen molar-refractivity contribution >= 4 is 17.2 Å². The maximum Gasteiger partial charge on any atom is 0.0536 e. The summed E-state index contributed by atoms with van der Waals surface area (Å²) in [6, 6.07) is 18.9. The topological polar surface area (TPSA) is 12.0 Å². The Hall–Kier alpha value is -1.57. The van der Waals surface area contributed by atoms with E-state index in [1.165, 1.54) is 22.3 Å². The molecular weight excluding hydrogens is 278 g/mol. The Morgan fingerprint density at radius 2 is 1.67 bits per heavy atom. The van der Waals surface area contributed by atoms with E-state index in [-0.39, 0.29) is 6.04 Å². The van der Waals surface area contributed by atoms with Crippen LogP contribution in [0, 0.1) is 0 Å². The summed E-state index contributed by atoms with van der Waals surface area (Å²) >= 11 is 5.99. The van der Waals surface area contributed by atoms with Gasteiger partial charge < -0.3 is 5.32 Å². The zero-order valence-corrected chi connectivity index (χ0v) is 13.6. The van der Waals surface area contributed by atoms with E-state index in [9.17, 15) is 0 Å². The summed E-state index contributed by atoms with van der Waals surface area (Å²) < 4.78 is 0. The van der Waals surface area contributed by atoms with Gasteiger partial charge in [-0.05, 0) is 54.8 Å². The van der Waals surface area contributed by atoms with Crippen molar-refractivity contribution in [2.75, 3.05) is 7.05 Å². The fraction of sp³-hybridized carbons (Fsp3) is 0.263. The third-order valence-corrected chi connectivity index (χ3v) is 4.13. The summed E-state index contributed by atoms with van der Waals surface area (Å²) in [6.45, 7) is 4.42. The molecule has 21 heavy (non-hydrogen) atoms. The maximum absolute atomic E-state index is 5.99. The molecule has 0 saturated carbocycles. The van der Waals surface area contributed by atoms with Crippen LogP contribution < -0.4 is 5.32 Å². The van der Waals surface area contributed by atoms with Crippen molar-refractivity contribution in [1.82, 2.24) is 5.32 Å². The summed E-state index contributed by atoms with van der Waals surface area (Å²) in [5, 5.41) is 4.19. The normalized spacial score (nSPS) is 13.7. The number of halogens is 1. The van der Waals surface area contributed by atoms with Crippen LogP contribution in [0.2, 0.25) is 5.02 Å². The molecule has 0 bridgehead atoms. The van der Waals surface area contributed by atoms with Crippen LogP contribution in [-0.2, 0) is 0 Å². The van der Waals surface area contributed by atoms with Crippen molar-refractivity contribution in [1.29, 1.82) is 0 Å². The first-order chi connectivity index (χ1) is 10.2. The van der Waals surface area contributed by atoms with Gasteiger partial charge in [-0.25, -0.2) is 0 Å². The Labute approximate surface area is 132 Å². The monoisotopic (exact) mass is 299 g/mol. The molecule has 1 N–H and O–H groups in total. The Morgan fingerprint density at radius 1 is 1.05 bits per heavy atom. The van der Waals surface area contributed by atoms with E-state index in [0.717, 1.165) is 11.4 Å². The maximum atomic E-state index is 5.99. The van der Waals surface area contributed by atoms with Crippen molar-refractivity contribution < 1.29 is 0 Å². The lowest BCUT2D eigenvalue weighted by Crippen LogP contribution is -2.18. The number of allylic oxidation sites excluding steroid dienone is 1. The largest absolute Gasteiger partial charge is 0.310 e. The minimum Gasteiger partial charge on any atom is -0.310 e. The van der Waals surface area contributed by atoms with Gasteiger partial charge in [0, 0.05) is 5.02 Å². The van der Waals surface area contributed by atoms with Crippen molar-refractivity contribution in [2.24, 2.45) is 0 Å². The summed E-state index contributed by atoms with van der Waals surface area (Å²) in [6.07, 6.45) is 1.02. The van der Waals surface area contributed by atoms with Gasteiger partial charge in [0.2, 0.25) is 0 Å². The van der Waals surface area contributed by atoms with Crippen molar-refractivity contribution in [3.05, 3.63) is 76.3 Å². The number of nitrogens with one attached hydrogen (secondary N) is 1. The lowest BCUT2D eigenvalue weighted by atomic mass is 9.91. The molecule has 2 rings (SSSR count). The van der Waals surface area contributed by atoms with Crippen LogP contribution in [0.15, 0.2) is 60.2 Å². The molecular formula is C19H22ClN. The van der Waals surface area contributed by atoms with Crippen LogP contribution in [-0.4, -0.2) is 7.05 Å². The molecule has 0 aliphatic rings. The second-order valence-electron chi connectivity index (χ2n) is 5.15. The van der Waals surface area contributed by atoms with E-state index in [0.29, 0.717) is 0 Å². The van der Waals surface area contributed by atoms with Crippen molar-refractivity contribution in [2.45, 2.75) is 26.3 Å². The molecule has 0 heterocycles. The molecule has 0 radical (unpaired) electrons. The molecule has 2 heteroatoms. The van der Waals surface area contributed by atoms with Gasteiger partial charge in [-0.2, -0.15) is 0 Å². The van der Waals surface area contributed by atoms with E-state index < -0.39 is 0 Å². The van der Waals surface area contributed by atoms with E-state index in [1.807, 2.05) is 19.2 Å². The Morgan fingerprint density at radius 3 is 2.19 bits per heavy atom. The molecule has 2 aromatic rings. The highest BCUT2D eigenvalue weighted by molar-refractivity contribution is 6.30. The highest BCUT2D eigenvalue weighted by Gasteiger charge is 2.15. The van der Waals surface area contributed by atoms with E-state index in [1.54, 1.807) is 0 Å². The summed E-state index contributed by atoms with van der Waals surface area (Å²) in [4.78, 5) is 0. The third-order valence-electron chi connectivity index (χ3n) is 3.88. The fourth-order valence-corrected chi connectivity index (χ4v) is 2.94. The van der Waals surface area contributed by atoms with E-state index >= 15 is 0 Å². The summed E-state index contributed by atoms with van der Waals surface area (Å²) in [5.74, 6) is 0. The van der Waals surface area contributed by atoms with Gasteiger partial charge in [-0.15, -0.1) is 0 Å². The number of hydrogen-bond acceptors (Lipinski definition) is 1. The van der Waals surface area contributed by atoms with Gasteiger partial charge in [0.15, 0.2) is 0 Å². The molecule has 0 saturated heterocycles. The van der Waals surface area contributed by atoms with E-state index in [2.05, 4.69) is 61.6 Å². The lowest BCUT2D eigenvalue weighted by molar-refractivity contribution is 0.677. The number of rotatable bonds is 5. The third kappa shape index (κ3) is 3.75. The minimum absolute atomic E-state index is 0.206. The van der Waals surface area contributed by atoms with Crippen molar-refractivity contribution in [3.8, 4) is 0 Å². The molecule has 1 unspecified atom stereocenters. The standard InChI is InChI=1S/C19H22ClN/c1-4-18(15-8-6-5-7-9-15)14(2)19(21-3)16-10-12-17(20)13-11-16/h5-13,19,21H,4H2,1-3H3/b18-14+. The predicted octanol–water partition coefficient (Wildman–Crippen LogP) is 5.48. The number of likely N-dealkylation sites (N-methyl/N-ethyl adjacent to an activating group) is 1. The SMILES string of the molecule is CC/C(=C(/C)C(NC)c1ccc(Cl)cc1)c1ccccc1. The highest BCUT2D eigenvalue weighted by atomic mass is 35.5. The second-order valence-corrected chi connectivity index (χ2v) is 5.59. The molecule has 1 atom stereocenters. The molecule has 0 aliphatic carbocycles. The van der Waals surface area contributed by atoms with Crippen LogP contribution in [0.25, 0.3) is 5.57 Å². The molecule has 0 aliphatic heterocycles. The molecule has 2 aromatic carbocycles. The predicted molar refractivity (Wildman–Crippen MR) is 92.6 cm³/mol. The van der Waals surface area contributed by atoms with E-state index in [4.69, 9.17) is 11.6 Å². The minimum atomic E-state index is 0.206. The number of hydrogen-bond donors (Lipinski definition) is 1. The fourth-order valence-electron chi connectivity index (χ4n) is 2.81. The van der Waals surface area contributed by atoms with Crippen LogP contribution >= 0.6 is 11.6 Å². The van der Waals surface area contributed by atoms with Crippen LogP contribution in [0.3, 0.4) is 0 Å². The molecule has 1 nitrogen and oxygen atoms in total.